The maximum atomic E-state index is 5.95. The molecule has 0 saturated heterocycles. The highest BCUT2D eigenvalue weighted by molar-refractivity contribution is 6.09. The minimum atomic E-state index is -0.213. The van der Waals surface area contributed by atoms with Crippen LogP contribution in [0.25, 0.3) is 101 Å². The van der Waals surface area contributed by atoms with Crippen LogP contribution in [0.1, 0.15) is 79.0 Å². The highest BCUT2D eigenvalue weighted by Gasteiger charge is 2.31. The molecule has 8 bridgehead atoms. The van der Waals surface area contributed by atoms with E-state index >= 15 is 0 Å². The summed E-state index contributed by atoms with van der Waals surface area (Å²) in [6, 6.07) is 31.1. The lowest BCUT2D eigenvalue weighted by Gasteiger charge is -2.22. The summed E-state index contributed by atoms with van der Waals surface area (Å²) >= 11 is 0. The molecule has 0 atom stereocenters. The van der Waals surface area contributed by atoms with Crippen molar-refractivity contribution in [1.29, 1.82) is 0 Å². The predicted octanol–water partition coefficient (Wildman–Crippen LogP) is 12.4. The Balaban J connectivity index is 1.44. The van der Waals surface area contributed by atoms with Gasteiger partial charge in [0, 0.05) is 49.4 Å². The summed E-state index contributed by atoms with van der Waals surface area (Å²) in [7, 11) is 3.35. The molecule has 0 radical (unpaired) electrons. The molecule has 0 saturated carbocycles. The zero-order valence-electron chi connectivity index (χ0n) is 37.2. The zero-order valence-corrected chi connectivity index (χ0v) is 37.2. The molecular weight excluding hydrogens is 769 g/mol. The summed E-state index contributed by atoms with van der Waals surface area (Å²) in [5.41, 5.74) is 10.7. The second-order valence-electron chi connectivity index (χ2n) is 19.3. The van der Waals surface area contributed by atoms with Crippen LogP contribution in [0.3, 0.4) is 0 Å². The van der Waals surface area contributed by atoms with Crippen molar-refractivity contribution in [3.63, 3.8) is 0 Å². The highest BCUT2D eigenvalue weighted by atomic mass is 16.5. The zero-order chi connectivity index (χ0) is 43.5. The first kappa shape index (κ1) is 39.2. The molecule has 0 spiro atoms. The molecule has 0 unspecified atom stereocenters. The average molecular weight is 819 g/mol. The van der Waals surface area contributed by atoms with E-state index in [-0.39, 0.29) is 16.2 Å². The van der Waals surface area contributed by atoms with E-state index in [4.69, 9.17) is 39.4 Å². The van der Waals surface area contributed by atoms with E-state index in [9.17, 15) is 0 Å². The van der Waals surface area contributed by atoms with E-state index in [2.05, 4.69) is 139 Å². The van der Waals surface area contributed by atoms with Crippen LogP contribution in [0.2, 0.25) is 0 Å². The molecule has 5 heterocycles. The number of nitrogens with zero attached hydrogens (tertiary/aromatic N) is 6. The molecule has 2 aliphatic rings. The van der Waals surface area contributed by atoms with Crippen LogP contribution in [0, 0.1) is 0 Å². The summed E-state index contributed by atoms with van der Waals surface area (Å²) in [6.07, 6.45) is 0. The van der Waals surface area contributed by atoms with Gasteiger partial charge >= 0.3 is 0 Å². The predicted molar refractivity (Wildman–Crippen MR) is 251 cm³/mol. The number of benzene rings is 5. The Kier molecular flexibility index (Phi) is 8.72. The third-order valence-electron chi connectivity index (χ3n) is 12.1. The van der Waals surface area contributed by atoms with E-state index in [1.807, 2.05) is 24.3 Å². The van der Waals surface area contributed by atoms with E-state index in [1.165, 1.54) is 0 Å². The number of rotatable bonds is 3. The normalized spacial score (nSPS) is 12.8. The summed E-state index contributed by atoms with van der Waals surface area (Å²) in [6.45, 7) is 20.0. The van der Waals surface area contributed by atoms with Crippen LogP contribution >= 0.6 is 0 Å². The number of methoxy groups -OCH3 is 2. The van der Waals surface area contributed by atoms with Gasteiger partial charge in [-0.15, -0.1) is 0 Å². The van der Waals surface area contributed by atoms with Crippen molar-refractivity contribution in [3.8, 4) is 68.2 Å². The minimum absolute atomic E-state index is 0.201. The molecule has 0 fully saturated rings. The Labute approximate surface area is 360 Å². The van der Waals surface area contributed by atoms with E-state index in [0.717, 1.165) is 71.6 Å². The molecule has 10 heteroatoms. The first-order valence-electron chi connectivity index (χ1n) is 21.1. The fraction of sp³-hybridized carbons (Fsp3) is 0.269. The van der Waals surface area contributed by atoms with E-state index < -0.39 is 0 Å². The lowest BCUT2D eigenvalue weighted by atomic mass is 9.82. The Morgan fingerprint density at radius 3 is 1.37 bits per heavy atom. The molecule has 3 aromatic heterocycles. The molecule has 10 rings (SSSR count). The van der Waals surface area contributed by atoms with Crippen LogP contribution in [-0.4, -0.2) is 54.1 Å². The summed E-state index contributed by atoms with van der Waals surface area (Å²) in [5, 5.41) is 3.83. The van der Waals surface area contributed by atoms with E-state index in [1.54, 1.807) is 14.2 Å². The topological polar surface area (TPSA) is 127 Å². The maximum absolute atomic E-state index is 5.95. The number of H-pyrrole nitrogens is 2. The monoisotopic (exact) mass is 818 g/mol. The Bertz CT molecular complexity index is 3320. The number of hydrogen-bond donors (Lipinski definition) is 2. The van der Waals surface area contributed by atoms with Crippen LogP contribution in [0.5, 0.6) is 11.5 Å². The molecule has 10 nitrogen and oxygen atoms in total. The first-order chi connectivity index (χ1) is 29.5. The number of fused-ring (bicyclic) bond motifs is 20. The van der Waals surface area contributed by atoms with Crippen LogP contribution < -0.4 is 9.47 Å². The number of nitrogens with one attached hydrogen (secondary N) is 2. The fourth-order valence-electron chi connectivity index (χ4n) is 9.11. The second kappa shape index (κ2) is 13.8. The van der Waals surface area contributed by atoms with Crippen molar-refractivity contribution in [2.45, 2.75) is 78.6 Å². The van der Waals surface area contributed by atoms with Gasteiger partial charge in [-0.1, -0.05) is 135 Å². The maximum Gasteiger partial charge on any atom is 0.165 e. The first-order valence-corrected chi connectivity index (χ1v) is 21.1. The lowest BCUT2D eigenvalue weighted by Crippen LogP contribution is -2.12. The number of aromatic amines is 2. The molecule has 0 aliphatic carbocycles. The molecule has 2 aliphatic heterocycles. The second-order valence-corrected chi connectivity index (χ2v) is 19.3. The average Bonchev–Trinajstić information content (AvgIpc) is 3.97. The smallest absolute Gasteiger partial charge is 0.165 e. The van der Waals surface area contributed by atoms with Gasteiger partial charge in [0.2, 0.25) is 0 Å². The van der Waals surface area contributed by atoms with Crippen LogP contribution in [0.4, 0.5) is 0 Å². The van der Waals surface area contributed by atoms with Crippen molar-refractivity contribution in [3.05, 3.63) is 108 Å². The SMILES string of the molecule is COc1ccc(OC)c(-c2cccc3c2-c2nc-3nc3[nH]c(nc4nc(nc5[nH]c(n2)c2cccc(C(C)(C)C)c52)-c2cccc(C(C)(C)C)c2-4)c2cccc(C(C)(C)C)c32)c1. The van der Waals surface area contributed by atoms with Gasteiger partial charge in [-0.05, 0) is 56.7 Å². The molecule has 62 heavy (non-hydrogen) atoms. The summed E-state index contributed by atoms with van der Waals surface area (Å²) in [5.74, 6) is 3.62. The van der Waals surface area contributed by atoms with Gasteiger partial charge in [0.05, 0.1) is 14.2 Å². The van der Waals surface area contributed by atoms with Gasteiger partial charge in [-0.3, -0.25) is 0 Å². The van der Waals surface area contributed by atoms with Crippen molar-refractivity contribution < 1.29 is 9.47 Å². The van der Waals surface area contributed by atoms with Gasteiger partial charge in [0.1, 0.15) is 34.1 Å². The Morgan fingerprint density at radius 1 is 0.403 bits per heavy atom. The molecule has 8 aromatic rings. The number of aromatic nitrogens is 8. The Hall–Kier alpha value is -6.94. The third-order valence-corrected chi connectivity index (χ3v) is 12.1. The van der Waals surface area contributed by atoms with Crippen molar-refractivity contribution in [1.82, 2.24) is 39.9 Å². The molecule has 0 amide bonds. The van der Waals surface area contributed by atoms with Gasteiger partial charge in [0.15, 0.2) is 23.3 Å². The summed E-state index contributed by atoms with van der Waals surface area (Å²) < 4.78 is 11.7. The standard InChI is InChI=1S/C52H50N8O2/c1-50(2,3)34-21-13-18-30-39(34)48-56-43(30)54-46-38-28(33-26-27(61-10)24-25-37(33)62-11)16-12-17-29(38)42(53-46)55-47-40-31(19-14-22-35(40)51(4,5)6)44(57-47)59-49-41-32(45(58-48)60-49)20-15-23-36(41)52(7,8)9/h12-26H,1-11H3,(H2,53,54,55,56,57,58,59,60). The van der Waals surface area contributed by atoms with Crippen molar-refractivity contribution in [2.24, 2.45) is 0 Å². The van der Waals surface area contributed by atoms with Crippen LogP contribution in [0.15, 0.2) is 91.0 Å². The quantitative estimate of drug-likeness (QED) is 0.180. The van der Waals surface area contributed by atoms with Crippen LogP contribution in [-0.2, 0) is 16.2 Å². The fourth-order valence-corrected chi connectivity index (χ4v) is 9.11. The largest absolute Gasteiger partial charge is 0.497 e. The van der Waals surface area contributed by atoms with Gasteiger partial charge < -0.3 is 19.4 Å². The number of ether oxygens (including phenoxy) is 2. The molecule has 310 valence electrons. The molecule has 2 N–H and O–H groups in total. The van der Waals surface area contributed by atoms with Gasteiger partial charge in [0.25, 0.3) is 0 Å². The van der Waals surface area contributed by atoms with Gasteiger partial charge in [-0.25, -0.2) is 29.9 Å². The minimum Gasteiger partial charge on any atom is -0.497 e. The third kappa shape index (κ3) is 6.22. The highest BCUT2D eigenvalue weighted by Crippen LogP contribution is 2.47. The molecule has 5 aromatic carbocycles. The molecular formula is C52H50N8O2. The van der Waals surface area contributed by atoms with Crippen molar-refractivity contribution >= 4 is 44.1 Å². The van der Waals surface area contributed by atoms with E-state index in [0.29, 0.717) is 57.4 Å². The van der Waals surface area contributed by atoms with Gasteiger partial charge in [-0.2, -0.15) is 0 Å². The lowest BCUT2D eigenvalue weighted by molar-refractivity contribution is 0.404. The summed E-state index contributed by atoms with van der Waals surface area (Å²) in [4.78, 5) is 39.8. The number of hydrogen-bond acceptors (Lipinski definition) is 8. The van der Waals surface area contributed by atoms with Crippen molar-refractivity contribution in [2.75, 3.05) is 14.2 Å². The Morgan fingerprint density at radius 2 is 0.855 bits per heavy atom.